The number of benzene rings is 1. The second-order valence-electron chi connectivity index (χ2n) is 6.87. The molecule has 0 radical (unpaired) electrons. The minimum atomic E-state index is -3.84. The van der Waals surface area contributed by atoms with Crippen molar-refractivity contribution in [2.75, 3.05) is 6.61 Å². The van der Waals surface area contributed by atoms with Gasteiger partial charge in [-0.15, -0.1) is 0 Å². The summed E-state index contributed by atoms with van der Waals surface area (Å²) in [6.45, 7) is 5.40. The number of rotatable bonds is 8. The highest BCUT2D eigenvalue weighted by molar-refractivity contribution is 7.89. The Kier molecular flexibility index (Phi) is 7.34. The predicted octanol–water partition coefficient (Wildman–Crippen LogP) is 1.17. The highest BCUT2D eigenvalue weighted by Crippen LogP contribution is 2.17. The Labute approximate surface area is 159 Å². The summed E-state index contributed by atoms with van der Waals surface area (Å²) in [5.41, 5.74) is 0. The second kappa shape index (κ2) is 9.29. The molecule has 150 valence electrons. The third-order valence-corrected chi connectivity index (χ3v) is 5.51. The topological polar surface area (TPSA) is 111 Å². The Balaban J connectivity index is 2.11. The molecule has 1 unspecified atom stereocenters. The van der Waals surface area contributed by atoms with E-state index in [1.54, 1.807) is 18.2 Å². The first kappa shape index (κ1) is 21.3. The van der Waals surface area contributed by atoms with Crippen LogP contribution in [0.4, 0.5) is 0 Å². The maximum Gasteiger partial charge on any atom is 0.305 e. The summed E-state index contributed by atoms with van der Waals surface area (Å²) in [4.78, 5) is 24.0. The standard InChI is InChI=1S/C18H26N2O6S/c1-12(2)11-16(20-27(23,24)14-7-5-4-6-8-14)17(22)19-15-9-10-25-18(15)26-13(3)21/h4-8,12,15-16,18,20H,9-11H2,1-3H3,(H,19,22)/t15-,16?,18-/m0/s1. The van der Waals surface area contributed by atoms with Crippen LogP contribution in [0.1, 0.15) is 33.6 Å². The summed E-state index contributed by atoms with van der Waals surface area (Å²) >= 11 is 0. The zero-order valence-electron chi connectivity index (χ0n) is 15.7. The molecule has 1 fully saturated rings. The summed E-state index contributed by atoms with van der Waals surface area (Å²) in [5.74, 6) is -0.899. The van der Waals surface area contributed by atoms with Gasteiger partial charge in [0.25, 0.3) is 0 Å². The van der Waals surface area contributed by atoms with Crippen LogP contribution in [-0.2, 0) is 29.1 Å². The van der Waals surface area contributed by atoms with Crippen LogP contribution in [0.15, 0.2) is 35.2 Å². The number of ether oxygens (including phenoxy) is 2. The van der Waals surface area contributed by atoms with Crippen LogP contribution in [0.25, 0.3) is 0 Å². The van der Waals surface area contributed by atoms with E-state index in [2.05, 4.69) is 10.0 Å². The van der Waals surface area contributed by atoms with E-state index >= 15 is 0 Å². The molecule has 1 aromatic carbocycles. The maximum atomic E-state index is 12.7. The number of nitrogens with one attached hydrogen (secondary N) is 2. The smallest absolute Gasteiger partial charge is 0.305 e. The minimum Gasteiger partial charge on any atom is -0.434 e. The van der Waals surface area contributed by atoms with Gasteiger partial charge in [0.15, 0.2) is 0 Å². The van der Waals surface area contributed by atoms with Crippen molar-refractivity contribution in [3.8, 4) is 0 Å². The van der Waals surface area contributed by atoms with Crippen LogP contribution in [0.3, 0.4) is 0 Å². The monoisotopic (exact) mass is 398 g/mol. The van der Waals surface area contributed by atoms with Crippen molar-refractivity contribution >= 4 is 21.9 Å². The molecule has 8 nitrogen and oxygen atoms in total. The first-order chi connectivity index (χ1) is 12.7. The minimum absolute atomic E-state index is 0.0864. The largest absolute Gasteiger partial charge is 0.434 e. The second-order valence-corrected chi connectivity index (χ2v) is 8.58. The molecule has 0 aliphatic carbocycles. The van der Waals surface area contributed by atoms with Crippen LogP contribution in [-0.4, -0.2) is 45.3 Å². The molecule has 1 saturated heterocycles. The fourth-order valence-corrected chi connectivity index (χ4v) is 4.03. The van der Waals surface area contributed by atoms with E-state index in [0.29, 0.717) is 19.4 Å². The molecule has 0 bridgehead atoms. The molecule has 9 heteroatoms. The quantitative estimate of drug-likeness (QED) is 0.636. The first-order valence-electron chi connectivity index (χ1n) is 8.85. The Morgan fingerprint density at radius 2 is 1.93 bits per heavy atom. The number of esters is 1. The number of carbonyl (C=O) groups excluding carboxylic acids is 2. The van der Waals surface area contributed by atoms with Crippen molar-refractivity contribution in [3.63, 3.8) is 0 Å². The van der Waals surface area contributed by atoms with Crippen LogP contribution in [0.5, 0.6) is 0 Å². The summed E-state index contributed by atoms with van der Waals surface area (Å²) in [7, 11) is -3.84. The lowest BCUT2D eigenvalue weighted by Gasteiger charge is -2.24. The highest BCUT2D eigenvalue weighted by atomic mass is 32.2. The molecule has 0 aromatic heterocycles. The van der Waals surface area contributed by atoms with Crippen LogP contribution < -0.4 is 10.0 Å². The summed E-state index contributed by atoms with van der Waals surface area (Å²) in [6.07, 6.45) is -0.0652. The molecule has 1 amide bonds. The fraction of sp³-hybridized carbons (Fsp3) is 0.556. The van der Waals surface area contributed by atoms with Gasteiger partial charge in [0.1, 0.15) is 6.04 Å². The fourth-order valence-electron chi connectivity index (χ4n) is 2.80. The molecule has 0 saturated carbocycles. The first-order valence-corrected chi connectivity index (χ1v) is 10.3. The summed E-state index contributed by atoms with van der Waals surface area (Å²) in [6, 6.07) is 6.41. The third kappa shape index (κ3) is 6.30. The highest BCUT2D eigenvalue weighted by Gasteiger charge is 2.35. The Morgan fingerprint density at radius 3 is 2.52 bits per heavy atom. The van der Waals surface area contributed by atoms with E-state index in [1.807, 2.05) is 13.8 Å². The number of carbonyl (C=O) groups is 2. The molecule has 0 spiro atoms. The molecule has 1 aliphatic heterocycles. The number of amides is 1. The van der Waals surface area contributed by atoms with Gasteiger partial charge in [0, 0.05) is 6.92 Å². The van der Waals surface area contributed by atoms with E-state index in [4.69, 9.17) is 9.47 Å². The van der Waals surface area contributed by atoms with Crippen LogP contribution >= 0.6 is 0 Å². The van der Waals surface area contributed by atoms with Gasteiger partial charge >= 0.3 is 5.97 Å². The molecule has 3 atom stereocenters. The number of hydrogen-bond acceptors (Lipinski definition) is 6. The zero-order valence-corrected chi connectivity index (χ0v) is 16.5. The molecular weight excluding hydrogens is 372 g/mol. The number of sulfonamides is 1. The van der Waals surface area contributed by atoms with Crippen molar-refractivity contribution < 1.29 is 27.5 Å². The van der Waals surface area contributed by atoms with Crippen molar-refractivity contribution in [2.45, 2.75) is 56.9 Å². The molecule has 2 rings (SSSR count). The van der Waals surface area contributed by atoms with Gasteiger partial charge in [-0.2, -0.15) is 4.72 Å². The lowest BCUT2D eigenvalue weighted by Crippen LogP contribution is -2.52. The van der Waals surface area contributed by atoms with E-state index in [-0.39, 0.29) is 10.8 Å². The normalized spacial score (nSPS) is 21.0. The lowest BCUT2D eigenvalue weighted by molar-refractivity contribution is -0.170. The Morgan fingerprint density at radius 1 is 1.26 bits per heavy atom. The van der Waals surface area contributed by atoms with Gasteiger partial charge in [0.2, 0.25) is 22.2 Å². The van der Waals surface area contributed by atoms with Crippen molar-refractivity contribution in [3.05, 3.63) is 30.3 Å². The molecule has 1 aromatic rings. The molecular formula is C18H26N2O6S. The van der Waals surface area contributed by atoms with Gasteiger partial charge in [-0.1, -0.05) is 32.0 Å². The van der Waals surface area contributed by atoms with Gasteiger partial charge in [-0.3, -0.25) is 9.59 Å². The zero-order chi connectivity index (χ0) is 20.0. The summed E-state index contributed by atoms with van der Waals surface area (Å²) in [5, 5.41) is 2.75. The predicted molar refractivity (Wildman–Crippen MR) is 98.1 cm³/mol. The van der Waals surface area contributed by atoms with E-state index < -0.39 is 40.3 Å². The van der Waals surface area contributed by atoms with Crippen LogP contribution in [0.2, 0.25) is 0 Å². The lowest BCUT2D eigenvalue weighted by atomic mass is 10.0. The van der Waals surface area contributed by atoms with Gasteiger partial charge < -0.3 is 14.8 Å². The summed E-state index contributed by atoms with van der Waals surface area (Å²) < 4.78 is 38.0. The number of hydrogen-bond donors (Lipinski definition) is 2. The molecule has 1 heterocycles. The van der Waals surface area contributed by atoms with Crippen LogP contribution in [0, 0.1) is 5.92 Å². The Hall–Kier alpha value is -1.97. The third-order valence-electron chi connectivity index (χ3n) is 4.02. The maximum absolute atomic E-state index is 12.7. The Bertz CT molecular complexity index is 750. The van der Waals surface area contributed by atoms with E-state index in [1.165, 1.54) is 19.1 Å². The van der Waals surface area contributed by atoms with Crippen molar-refractivity contribution in [1.82, 2.24) is 10.0 Å². The average Bonchev–Trinajstić information content (AvgIpc) is 3.00. The molecule has 1 aliphatic rings. The molecule has 27 heavy (non-hydrogen) atoms. The van der Waals surface area contributed by atoms with Gasteiger partial charge in [-0.25, -0.2) is 8.42 Å². The SMILES string of the molecule is CC(=O)O[C@@H]1OCC[C@@H]1NC(=O)C(CC(C)C)NS(=O)(=O)c1ccccc1. The van der Waals surface area contributed by atoms with E-state index in [9.17, 15) is 18.0 Å². The van der Waals surface area contributed by atoms with E-state index in [0.717, 1.165) is 0 Å². The van der Waals surface area contributed by atoms with Crippen molar-refractivity contribution in [2.24, 2.45) is 5.92 Å². The average molecular weight is 398 g/mol. The van der Waals surface area contributed by atoms with Gasteiger partial charge in [-0.05, 0) is 30.9 Å². The van der Waals surface area contributed by atoms with Gasteiger partial charge in [0.05, 0.1) is 17.5 Å². The van der Waals surface area contributed by atoms with Crippen molar-refractivity contribution in [1.29, 1.82) is 0 Å². The molecule has 2 N–H and O–H groups in total.